The van der Waals surface area contributed by atoms with E-state index >= 15 is 0 Å². The number of hydrogen-bond donors (Lipinski definition) is 2. The Morgan fingerprint density at radius 2 is 1.88 bits per heavy atom. The minimum atomic E-state index is -0.712. The minimum absolute atomic E-state index is 0.0646. The Labute approximate surface area is 149 Å². The monoisotopic (exact) mass is 348 g/mol. The van der Waals surface area contributed by atoms with Gasteiger partial charge in [-0.1, -0.05) is 44.2 Å². The molecule has 25 heavy (non-hydrogen) atoms. The van der Waals surface area contributed by atoms with Crippen LogP contribution in [0.2, 0.25) is 0 Å². The maximum Gasteiger partial charge on any atom is 0.409 e. The predicted octanol–water partition coefficient (Wildman–Crippen LogP) is 2.34. The number of benzene rings is 1. The molecule has 1 saturated heterocycles. The van der Waals surface area contributed by atoms with Crippen LogP contribution in [-0.2, 0) is 9.53 Å². The molecule has 2 N–H and O–H groups in total. The van der Waals surface area contributed by atoms with Gasteiger partial charge in [0.25, 0.3) is 0 Å². The van der Waals surface area contributed by atoms with Crippen LogP contribution in [0.15, 0.2) is 30.3 Å². The van der Waals surface area contributed by atoms with Crippen molar-refractivity contribution >= 4 is 12.0 Å². The number of carbonyl (C=O) groups excluding carboxylic acids is 2. The summed E-state index contributed by atoms with van der Waals surface area (Å²) in [6.45, 7) is 5.64. The van der Waals surface area contributed by atoms with Gasteiger partial charge in [-0.15, -0.1) is 0 Å². The van der Waals surface area contributed by atoms with Crippen molar-refractivity contribution in [1.29, 1.82) is 0 Å². The van der Waals surface area contributed by atoms with Crippen molar-refractivity contribution in [3.8, 4) is 0 Å². The van der Waals surface area contributed by atoms with Crippen molar-refractivity contribution < 1.29 is 19.4 Å². The predicted molar refractivity (Wildman–Crippen MR) is 94.9 cm³/mol. The van der Waals surface area contributed by atoms with Crippen molar-refractivity contribution in [3.05, 3.63) is 35.9 Å². The number of carbonyl (C=O) groups is 2. The molecule has 1 heterocycles. The molecule has 1 aliphatic rings. The first-order valence-corrected chi connectivity index (χ1v) is 8.89. The lowest BCUT2D eigenvalue weighted by Crippen LogP contribution is -2.44. The molecule has 138 valence electrons. The summed E-state index contributed by atoms with van der Waals surface area (Å²) in [5, 5.41) is 12.9. The molecule has 2 amide bonds. The molecule has 0 saturated carbocycles. The van der Waals surface area contributed by atoms with Gasteiger partial charge < -0.3 is 20.1 Å². The Morgan fingerprint density at radius 3 is 2.48 bits per heavy atom. The molecule has 0 bridgehead atoms. The van der Waals surface area contributed by atoms with Crippen LogP contribution in [0.5, 0.6) is 0 Å². The summed E-state index contributed by atoms with van der Waals surface area (Å²) < 4.78 is 5.22. The summed E-state index contributed by atoms with van der Waals surface area (Å²) in [6.07, 6.45) is 0.219. The topological polar surface area (TPSA) is 78.9 Å². The third-order valence-corrected chi connectivity index (χ3v) is 4.32. The smallest absolute Gasteiger partial charge is 0.409 e. The van der Waals surface area contributed by atoms with Crippen LogP contribution in [0.1, 0.15) is 38.4 Å². The summed E-state index contributed by atoms with van der Waals surface area (Å²) in [7, 11) is 0. The van der Waals surface area contributed by atoms with Gasteiger partial charge in [0.05, 0.1) is 12.7 Å². The molecule has 6 nitrogen and oxygen atoms in total. The van der Waals surface area contributed by atoms with Gasteiger partial charge in [-0.2, -0.15) is 0 Å². The van der Waals surface area contributed by atoms with E-state index in [9.17, 15) is 14.7 Å². The summed E-state index contributed by atoms with van der Waals surface area (Å²) in [4.78, 5) is 25.8. The first-order chi connectivity index (χ1) is 12.0. The van der Waals surface area contributed by atoms with Crippen molar-refractivity contribution in [3.63, 3.8) is 0 Å². The molecule has 0 spiro atoms. The number of aliphatic hydroxyl groups is 1. The van der Waals surface area contributed by atoms with Crippen molar-refractivity contribution in [2.75, 3.05) is 26.2 Å². The number of piperidine rings is 1. The molecule has 1 aromatic rings. The average molecular weight is 348 g/mol. The van der Waals surface area contributed by atoms with Gasteiger partial charge >= 0.3 is 6.09 Å². The van der Waals surface area contributed by atoms with E-state index < -0.39 is 6.10 Å². The molecule has 1 fully saturated rings. The van der Waals surface area contributed by atoms with Gasteiger partial charge in [0.2, 0.25) is 5.91 Å². The SMILES string of the molecule is CC(C)COC(=O)N1CCC(C(=O)NC[C@H](O)c2ccccc2)CC1. The number of amides is 2. The van der Waals surface area contributed by atoms with Crippen LogP contribution in [0, 0.1) is 11.8 Å². The number of rotatable bonds is 6. The molecule has 1 atom stereocenters. The highest BCUT2D eigenvalue weighted by atomic mass is 16.6. The fourth-order valence-corrected chi connectivity index (χ4v) is 2.79. The number of aliphatic hydroxyl groups excluding tert-OH is 1. The maximum absolute atomic E-state index is 12.3. The molecule has 0 radical (unpaired) electrons. The molecule has 0 unspecified atom stereocenters. The second-order valence-corrected chi connectivity index (χ2v) is 6.90. The van der Waals surface area contributed by atoms with E-state index in [-0.39, 0.29) is 24.5 Å². The molecule has 1 aromatic carbocycles. The van der Waals surface area contributed by atoms with Gasteiger partial charge in [-0.25, -0.2) is 4.79 Å². The Bertz CT molecular complexity index is 554. The highest BCUT2D eigenvalue weighted by Gasteiger charge is 2.28. The lowest BCUT2D eigenvalue weighted by atomic mass is 9.96. The van der Waals surface area contributed by atoms with Crippen LogP contribution in [0.3, 0.4) is 0 Å². The third-order valence-electron chi connectivity index (χ3n) is 4.32. The molecule has 6 heteroatoms. The van der Waals surface area contributed by atoms with E-state index in [2.05, 4.69) is 5.32 Å². The van der Waals surface area contributed by atoms with Crippen LogP contribution >= 0.6 is 0 Å². The van der Waals surface area contributed by atoms with E-state index in [4.69, 9.17) is 4.74 Å². The molecule has 0 aliphatic carbocycles. The lowest BCUT2D eigenvalue weighted by molar-refractivity contribution is -0.126. The summed E-state index contributed by atoms with van der Waals surface area (Å²) >= 11 is 0. The number of nitrogens with one attached hydrogen (secondary N) is 1. The average Bonchev–Trinajstić information content (AvgIpc) is 2.64. The first kappa shape index (κ1) is 19.2. The van der Waals surface area contributed by atoms with Crippen molar-refractivity contribution in [2.45, 2.75) is 32.8 Å². The van der Waals surface area contributed by atoms with E-state index in [1.807, 2.05) is 44.2 Å². The van der Waals surface area contributed by atoms with Crippen LogP contribution < -0.4 is 5.32 Å². The lowest BCUT2D eigenvalue weighted by Gasteiger charge is -2.31. The van der Waals surface area contributed by atoms with Gasteiger partial charge in [0.1, 0.15) is 0 Å². The number of likely N-dealkylation sites (tertiary alicyclic amines) is 1. The van der Waals surface area contributed by atoms with Gasteiger partial charge in [0, 0.05) is 25.6 Å². The zero-order chi connectivity index (χ0) is 18.2. The van der Waals surface area contributed by atoms with Crippen LogP contribution in [0.4, 0.5) is 4.79 Å². The molecule has 0 aromatic heterocycles. The Morgan fingerprint density at radius 1 is 1.24 bits per heavy atom. The number of hydrogen-bond acceptors (Lipinski definition) is 4. The second-order valence-electron chi connectivity index (χ2n) is 6.90. The first-order valence-electron chi connectivity index (χ1n) is 8.89. The largest absolute Gasteiger partial charge is 0.449 e. The number of nitrogens with zero attached hydrogens (tertiary/aromatic N) is 1. The fraction of sp³-hybridized carbons (Fsp3) is 0.579. The van der Waals surface area contributed by atoms with Crippen molar-refractivity contribution in [2.24, 2.45) is 11.8 Å². The molecule has 2 rings (SSSR count). The quantitative estimate of drug-likeness (QED) is 0.827. The van der Waals surface area contributed by atoms with E-state index in [1.54, 1.807) is 4.90 Å². The summed E-state index contributed by atoms with van der Waals surface area (Å²) in [6, 6.07) is 9.26. The zero-order valence-electron chi connectivity index (χ0n) is 15.0. The molecule has 1 aliphatic heterocycles. The minimum Gasteiger partial charge on any atom is -0.449 e. The second kappa shape index (κ2) is 9.42. The van der Waals surface area contributed by atoms with Gasteiger partial charge in [-0.05, 0) is 24.3 Å². The van der Waals surface area contributed by atoms with Gasteiger partial charge in [0.15, 0.2) is 0 Å². The normalized spacial score (nSPS) is 16.6. The van der Waals surface area contributed by atoms with Gasteiger partial charge in [-0.3, -0.25) is 4.79 Å². The molecular weight excluding hydrogens is 320 g/mol. The highest BCUT2D eigenvalue weighted by Crippen LogP contribution is 2.19. The molecular formula is C19H28N2O4. The summed E-state index contributed by atoms with van der Waals surface area (Å²) in [5.74, 6) is 0.116. The van der Waals surface area contributed by atoms with E-state index in [1.165, 1.54) is 0 Å². The fourth-order valence-electron chi connectivity index (χ4n) is 2.79. The van der Waals surface area contributed by atoms with Crippen molar-refractivity contribution in [1.82, 2.24) is 10.2 Å². The third kappa shape index (κ3) is 6.05. The Kier molecular flexibility index (Phi) is 7.25. The Balaban J connectivity index is 1.71. The van der Waals surface area contributed by atoms with Crippen LogP contribution in [0.25, 0.3) is 0 Å². The summed E-state index contributed by atoms with van der Waals surface area (Å²) in [5.41, 5.74) is 0.783. The van der Waals surface area contributed by atoms with E-state index in [0.717, 1.165) is 5.56 Å². The van der Waals surface area contributed by atoms with Crippen LogP contribution in [-0.4, -0.2) is 48.2 Å². The number of ether oxygens (including phenoxy) is 1. The maximum atomic E-state index is 12.3. The van der Waals surface area contributed by atoms with E-state index in [0.29, 0.717) is 38.5 Å². The highest BCUT2D eigenvalue weighted by molar-refractivity contribution is 5.79. The Hall–Kier alpha value is -2.08. The standard InChI is InChI=1S/C19H28N2O4/c1-14(2)13-25-19(24)21-10-8-16(9-11-21)18(23)20-12-17(22)15-6-4-3-5-7-15/h3-7,14,16-17,22H,8-13H2,1-2H3,(H,20,23)/t17-/m0/s1. The zero-order valence-corrected chi connectivity index (χ0v) is 15.0.